The van der Waals surface area contributed by atoms with Gasteiger partial charge in [-0.3, -0.25) is 4.79 Å². The molecule has 8 heteroatoms. The summed E-state index contributed by atoms with van der Waals surface area (Å²) in [5, 5.41) is 9.31. The summed E-state index contributed by atoms with van der Waals surface area (Å²) in [4.78, 5) is 13.1. The van der Waals surface area contributed by atoms with E-state index in [0.29, 0.717) is 17.1 Å². The number of thiophene rings is 1. The quantitative estimate of drug-likeness (QED) is 0.880. The normalized spacial score (nSPS) is 23.7. The molecule has 0 spiro atoms. The second-order valence-corrected chi connectivity index (χ2v) is 8.79. The van der Waals surface area contributed by atoms with E-state index in [1.165, 1.54) is 23.1 Å². The molecule has 0 bridgehead atoms. The van der Waals surface area contributed by atoms with Gasteiger partial charge < -0.3 is 5.11 Å². The molecule has 0 saturated carbocycles. The fourth-order valence-corrected chi connectivity index (χ4v) is 6.41. The van der Waals surface area contributed by atoms with Crippen LogP contribution in [0.2, 0.25) is 0 Å². The van der Waals surface area contributed by atoms with Gasteiger partial charge in [0.25, 0.3) is 0 Å². The molecule has 5 nitrogen and oxygen atoms in total. The Balaban J connectivity index is 2.36. The molecule has 1 aromatic heterocycles. The Morgan fingerprint density at radius 1 is 1.47 bits per heavy atom. The van der Waals surface area contributed by atoms with Crippen molar-refractivity contribution in [1.82, 2.24) is 4.72 Å². The summed E-state index contributed by atoms with van der Waals surface area (Å²) < 4.78 is 27.1. The van der Waals surface area contributed by atoms with Gasteiger partial charge in [0.05, 0.1) is 4.90 Å². The molecular weight excluding hydrogens is 306 g/mol. The van der Waals surface area contributed by atoms with Gasteiger partial charge in [-0.1, -0.05) is 0 Å². The Kier molecular flexibility index (Phi) is 3.97. The van der Waals surface area contributed by atoms with Crippen molar-refractivity contribution in [2.24, 2.45) is 0 Å². The molecule has 1 saturated heterocycles. The van der Waals surface area contributed by atoms with Crippen molar-refractivity contribution in [3.8, 4) is 0 Å². The first-order chi connectivity index (χ1) is 8.77. The van der Waals surface area contributed by atoms with Gasteiger partial charge in [0.1, 0.15) is 5.54 Å². The number of rotatable bonds is 4. The van der Waals surface area contributed by atoms with Crippen LogP contribution in [-0.2, 0) is 14.8 Å². The molecule has 2 heterocycles. The molecular formula is C11H15NO4S3. The van der Waals surface area contributed by atoms with Crippen LogP contribution in [0.3, 0.4) is 0 Å². The van der Waals surface area contributed by atoms with E-state index in [1.807, 2.05) is 6.92 Å². The highest BCUT2D eigenvalue weighted by Gasteiger charge is 2.45. The molecule has 1 fully saturated rings. The molecule has 0 amide bonds. The van der Waals surface area contributed by atoms with E-state index in [1.54, 1.807) is 13.0 Å². The first kappa shape index (κ1) is 14.8. The lowest BCUT2D eigenvalue weighted by Gasteiger charge is -2.24. The average Bonchev–Trinajstić information content (AvgIpc) is 2.86. The Labute approximate surface area is 120 Å². The van der Waals surface area contributed by atoms with Crippen LogP contribution in [0.4, 0.5) is 0 Å². The number of hydrogen-bond donors (Lipinski definition) is 2. The van der Waals surface area contributed by atoms with Gasteiger partial charge in [-0.05, 0) is 32.1 Å². The lowest BCUT2D eigenvalue weighted by Crippen LogP contribution is -2.54. The molecule has 1 aliphatic rings. The first-order valence-electron chi connectivity index (χ1n) is 5.69. The summed E-state index contributed by atoms with van der Waals surface area (Å²) in [6.07, 6.45) is 0.314. The molecule has 2 N–H and O–H groups in total. The highest BCUT2D eigenvalue weighted by molar-refractivity contribution is 7.99. The van der Waals surface area contributed by atoms with Crippen LogP contribution in [0.25, 0.3) is 0 Å². The molecule has 0 radical (unpaired) electrons. The third-order valence-electron chi connectivity index (χ3n) is 3.05. The zero-order valence-electron chi connectivity index (χ0n) is 10.6. The van der Waals surface area contributed by atoms with Crippen LogP contribution in [0, 0.1) is 13.8 Å². The fourth-order valence-electron chi connectivity index (χ4n) is 2.04. The minimum Gasteiger partial charge on any atom is -0.480 e. The first-order valence-corrected chi connectivity index (χ1v) is 9.14. The van der Waals surface area contributed by atoms with Crippen LogP contribution in [-0.4, -0.2) is 36.5 Å². The SMILES string of the molecule is Cc1cc(S(=O)(=O)NC2(C(=O)O)CCSC2)c(C)s1. The Morgan fingerprint density at radius 3 is 2.58 bits per heavy atom. The molecule has 0 aliphatic carbocycles. The second-order valence-electron chi connectivity index (χ2n) is 4.57. The van der Waals surface area contributed by atoms with Crippen LogP contribution in [0.1, 0.15) is 16.2 Å². The highest BCUT2D eigenvalue weighted by atomic mass is 32.2. The lowest BCUT2D eigenvalue weighted by molar-refractivity contribution is -0.142. The number of hydrogen-bond acceptors (Lipinski definition) is 5. The smallest absolute Gasteiger partial charge is 0.325 e. The maximum absolute atomic E-state index is 12.4. The van der Waals surface area contributed by atoms with Gasteiger partial charge in [-0.25, -0.2) is 8.42 Å². The highest BCUT2D eigenvalue weighted by Crippen LogP contribution is 2.32. The van der Waals surface area contributed by atoms with Gasteiger partial charge in [0, 0.05) is 15.5 Å². The monoisotopic (exact) mass is 321 g/mol. The second kappa shape index (κ2) is 5.08. The topological polar surface area (TPSA) is 83.5 Å². The number of thioether (sulfide) groups is 1. The average molecular weight is 321 g/mol. The molecule has 2 rings (SSSR count). The number of nitrogens with one attached hydrogen (secondary N) is 1. The van der Waals surface area contributed by atoms with Crippen molar-refractivity contribution in [3.63, 3.8) is 0 Å². The molecule has 106 valence electrons. The Morgan fingerprint density at radius 2 is 2.16 bits per heavy atom. The molecule has 1 aliphatic heterocycles. The Hall–Kier alpha value is -0.570. The number of aryl methyl sites for hydroxylation is 2. The van der Waals surface area contributed by atoms with Crippen LogP contribution < -0.4 is 4.72 Å². The van der Waals surface area contributed by atoms with Crippen molar-refractivity contribution in [1.29, 1.82) is 0 Å². The molecule has 19 heavy (non-hydrogen) atoms. The van der Waals surface area contributed by atoms with Crippen molar-refractivity contribution >= 4 is 39.1 Å². The summed E-state index contributed by atoms with van der Waals surface area (Å²) in [6.45, 7) is 3.55. The van der Waals surface area contributed by atoms with Gasteiger partial charge >= 0.3 is 5.97 Å². The van der Waals surface area contributed by atoms with E-state index in [9.17, 15) is 18.3 Å². The molecule has 0 aromatic carbocycles. The summed E-state index contributed by atoms with van der Waals surface area (Å²) in [5.74, 6) is -0.189. The third kappa shape index (κ3) is 2.81. The largest absolute Gasteiger partial charge is 0.480 e. The predicted molar refractivity (Wildman–Crippen MR) is 76.4 cm³/mol. The van der Waals surface area contributed by atoms with E-state index < -0.39 is 21.5 Å². The number of carboxylic acids is 1. The van der Waals surface area contributed by atoms with Crippen molar-refractivity contribution in [2.75, 3.05) is 11.5 Å². The van der Waals surface area contributed by atoms with E-state index in [0.717, 1.165) is 4.88 Å². The zero-order chi connectivity index (χ0) is 14.3. The summed E-state index contributed by atoms with van der Waals surface area (Å²) in [7, 11) is -3.79. The summed E-state index contributed by atoms with van der Waals surface area (Å²) >= 11 is 2.84. The number of sulfonamides is 1. The minimum atomic E-state index is -3.79. The third-order valence-corrected chi connectivity index (χ3v) is 6.99. The fraction of sp³-hybridized carbons (Fsp3) is 0.545. The maximum Gasteiger partial charge on any atom is 0.325 e. The van der Waals surface area contributed by atoms with E-state index in [2.05, 4.69) is 4.72 Å². The van der Waals surface area contributed by atoms with E-state index in [-0.39, 0.29) is 10.6 Å². The molecule has 1 aromatic rings. The maximum atomic E-state index is 12.4. The number of carboxylic acid groups (broad SMARTS) is 1. The number of aliphatic carboxylic acids is 1. The van der Waals surface area contributed by atoms with Crippen LogP contribution in [0.5, 0.6) is 0 Å². The van der Waals surface area contributed by atoms with E-state index >= 15 is 0 Å². The minimum absolute atomic E-state index is 0.188. The van der Waals surface area contributed by atoms with Crippen LogP contribution in [0.15, 0.2) is 11.0 Å². The standard InChI is InChI=1S/C11H15NO4S3/c1-7-5-9(8(2)18-7)19(15,16)12-11(10(13)14)3-4-17-6-11/h5,12H,3-4,6H2,1-2H3,(H,13,14). The van der Waals surface area contributed by atoms with Gasteiger partial charge in [0.15, 0.2) is 0 Å². The van der Waals surface area contributed by atoms with Gasteiger partial charge in [-0.15, -0.1) is 11.3 Å². The van der Waals surface area contributed by atoms with Crippen molar-refractivity contribution in [2.45, 2.75) is 30.7 Å². The summed E-state index contributed by atoms with van der Waals surface area (Å²) in [6, 6.07) is 1.58. The van der Waals surface area contributed by atoms with Crippen molar-refractivity contribution < 1.29 is 18.3 Å². The van der Waals surface area contributed by atoms with Crippen LogP contribution >= 0.6 is 23.1 Å². The van der Waals surface area contributed by atoms with Gasteiger partial charge in [-0.2, -0.15) is 16.5 Å². The predicted octanol–water partition coefficient (Wildman–Crippen LogP) is 1.60. The summed E-state index contributed by atoms with van der Waals surface area (Å²) in [5.41, 5.74) is -1.37. The zero-order valence-corrected chi connectivity index (χ0v) is 13.0. The van der Waals surface area contributed by atoms with E-state index in [4.69, 9.17) is 0 Å². The van der Waals surface area contributed by atoms with Crippen molar-refractivity contribution in [3.05, 3.63) is 15.8 Å². The lowest BCUT2D eigenvalue weighted by atomic mass is 10.0. The van der Waals surface area contributed by atoms with Gasteiger partial charge in [0.2, 0.25) is 10.0 Å². The number of carbonyl (C=O) groups is 1. The molecule has 1 unspecified atom stereocenters. The molecule has 1 atom stereocenters. The Bertz CT molecular complexity index is 599.